The molecule has 0 amide bonds. The molecule has 3 heterocycles. The van der Waals surface area contributed by atoms with Gasteiger partial charge in [-0.1, -0.05) is 78.9 Å². The van der Waals surface area contributed by atoms with Crippen molar-refractivity contribution >= 4 is 16.7 Å². The second kappa shape index (κ2) is 12.2. The Morgan fingerprint density at radius 1 is 0.805 bits per heavy atom. The van der Waals surface area contributed by atoms with E-state index in [2.05, 4.69) is 15.0 Å². The molecule has 3 aromatic carbocycles. The van der Waals surface area contributed by atoms with Crippen LogP contribution in [0.25, 0.3) is 11.0 Å². The molecule has 5 N–H and O–H groups in total. The number of benzene rings is 3. The first-order chi connectivity index (χ1) is 20.1. The molecule has 5 aromatic rings. The number of nitrogens with one attached hydrogen (secondary N) is 1. The third-order valence-electron chi connectivity index (χ3n) is 7.26. The monoisotopic (exact) mass is 551 g/mol. The smallest absolute Gasteiger partial charge is 0.170 e. The molecule has 4 atom stereocenters. The summed E-state index contributed by atoms with van der Waals surface area (Å²) in [5.41, 5.74) is 17.5. The molecule has 41 heavy (non-hydrogen) atoms. The third kappa shape index (κ3) is 6.00. The lowest BCUT2D eigenvalue weighted by atomic mass is 10.0. The number of ether oxygens (including phenoxy) is 4. The van der Waals surface area contributed by atoms with Gasteiger partial charge in [0.1, 0.15) is 23.8 Å². The SMILES string of the molecule is Nc1ccccc1COC[C@@]1(N)O[C@@H](c2nccc3[nH]cnc23)[C@@H](OCc2ccccc2)[C@@H]1OCc1ccccc1. The van der Waals surface area contributed by atoms with Crippen LogP contribution >= 0.6 is 0 Å². The quantitative estimate of drug-likeness (QED) is 0.202. The number of imidazole rings is 1. The fourth-order valence-electron chi connectivity index (χ4n) is 5.16. The van der Waals surface area contributed by atoms with Crippen molar-refractivity contribution in [3.8, 4) is 0 Å². The first-order valence-electron chi connectivity index (χ1n) is 13.6. The van der Waals surface area contributed by atoms with E-state index in [1.165, 1.54) is 0 Å². The number of para-hydroxylation sites is 1. The number of hydrogen-bond donors (Lipinski definition) is 3. The summed E-state index contributed by atoms with van der Waals surface area (Å²) in [6, 6.07) is 29.3. The Balaban J connectivity index is 1.33. The summed E-state index contributed by atoms with van der Waals surface area (Å²) in [5, 5.41) is 0. The number of nitrogens with two attached hydrogens (primary N) is 2. The molecule has 9 nitrogen and oxygen atoms in total. The number of anilines is 1. The van der Waals surface area contributed by atoms with Gasteiger partial charge in [0.15, 0.2) is 5.72 Å². The zero-order valence-electron chi connectivity index (χ0n) is 22.6. The van der Waals surface area contributed by atoms with Gasteiger partial charge in [0, 0.05) is 17.4 Å². The van der Waals surface area contributed by atoms with E-state index in [0.29, 0.717) is 30.1 Å². The van der Waals surface area contributed by atoms with E-state index in [1.807, 2.05) is 91.0 Å². The molecule has 9 heteroatoms. The minimum Gasteiger partial charge on any atom is -0.398 e. The predicted octanol–water partition coefficient (Wildman–Crippen LogP) is 4.65. The predicted molar refractivity (Wildman–Crippen MR) is 155 cm³/mol. The van der Waals surface area contributed by atoms with Crippen molar-refractivity contribution in [2.75, 3.05) is 12.3 Å². The Bertz CT molecular complexity index is 1560. The van der Waals surface area contributed by atoms with E-state index >= 15 is 0 Å². The van der Waals surface area contributed by atoms with Crippen LogP contribution in [-0.4, -0.2) is 39.5 Å². The second-order valence-electron chi connectivity index (χ2n) is 10.2. The Morgan fingerprint density at radius 2 is 1.49 bits per heavy atom. The van der Waals surface area contributed by atoms with Crippen molar-refractivity contribution in [2.24, 2.45) is 5.73 Å². The number of aromatic nitrogens is 3. The second-order valence-corrected chi connectivity index (χ2v) is 10.2. The van der Waals surface area contributed by atoms with Crippen molar-refractivity contribution in [3.05, 3.63) is 126 Å². The zero-order chi connectivity index (χ0) is 28.1. The Morgan fingerprint density at radius 3 is 2.22 bits per heavy atom. The maximum atomic E-state index is 7.04. The van der Waals surface area contributed by atoms with Gasteiger partial charge in [-0.3, -0.25) is 10.7 Å². The molecule has 210 valence electrons. The molecule has 6 rings (SSSR count). The van der Waals surface area contributed by atoms with Crippen molar-refractivity contribution < 1.29 is 18.9 Å². The Kier molecular flexibility index (Phi) is 8.04. The van der Waals surface area contributed by atoms with Crippen LogP contribution in [-0.2, 0) is 38.8 Å². The number of fused-ring (bicyclic) bond motifs is 1. The largest absolute Gasteiger partial charge is 0.398 e. The molecule has 1 aliphatic heterocycles. The fraction of sp³-hybridized carbons (Fsp3) is 0.250. The van der Waals surface area contributed by atoms with Crippen LogP contribution in [0.4, 0.5) is 5.69 Å². The standard InChI is InChI=1S/C32H33N5O4/c33-25-14-8-7-13-24(25)19-38-20-32(34)31(40-18-23-11-5-2-6-12-23)30(39-17-22-9-3-1-4-10-22)29(41-32)28-27-26(15-16-35-28)36-21-37-27/h1-16,21,29-31H,17-20,33-34H2,(H,36,37)/t29-,30+,31-,32+/m0/s1. The normalized spacial score (nSPS) is 22.3. The van der Waals surface area contributed by atoms with Crippen molar-refractivity contribution in [3.63, 3.8) is 0 Å². The molecule has 0 unspecified atom stereocenters. The van der Waals surface area contributed by atoms with E-state index in [0.717, 1.165) is 22.2 Å². The molecule has 1 saturated heterocycles. The summed E-state index contributed by atoms with van der Waals surface area (Å²) in [4.78, 5) is 12.3. The molecule has 1 aliphatic rings. The summed E-state index contributed by atoms with van der Waals surface area (Å²) in [6.07, 6.45) is 1.39. The van der Waals surface area contributed by atoms with E-state index in [4.69, 9.17) is 30.4 Å². The van der Waals surface area contributed by atoms with Crippen LogP contribution in [0.3, 0.4) is 0 Å². The minimum atomic E-state index is -1.36. The zero-order valence-corrected chi connectivity index (χ0v) is 22.6. The molecule has 0 aliphatic carbocycles. The minimum absolute atomic E-state index is 0.0407. The summed E-state index contributed by atoms with van der Waals surface area (Å²) in [7, 11) is 0. The third-order valence-corrected chi connectivity index (χ3v) is 7.26. The molecule has 0 spiro atoms. The summed E-state index contributed by atoms with van der Waals surface area (Å²) >= 11 is 0. The number of nitrogens with zero attached hydrogens (tertiary/aromatic N) is 2. The molecule has 0 radical (unpaired) electrons. The average molecular weight is 552 g/mol. The maximum Gasteiger partial charge on any atom is 0.170 e. The molecular weight excluding hydrogens is 518 g/mol. The van der Waals surface area contributed by atoms with Gasteiger partial charge in [-0.2, -0.15) is 0 Å². The molecule has 2 aromatic heterocycles. The van der Waals surface area contributed by atoms with Gasteiger partial charge in [-0.05, 0) is 23.3 Å². The highest BCUT2D eigenvalue weighted by Crippen LogP contribution is 2.43. The number of H-pyrrole nitrogens is 1. The van der Waals surface area contributed by atoms with Gasteiger partial charge in [-0.15, -0.1) is 0 Å². The van der Waals surface area contributed by atoms with Gasteiger partial charge < -0.3 is 29.7 Å². The number of pyridine rings is 1. The highest BCUT2D eigenvalue weighted by Gasteiger charge is 2.56. The molecule has 0 saturated carbocycles. The van der Waals surface area contributed by atoms with Gasteiger partial charge in [-0.25, -0.2) is 4.98 Å². The number of hydrogen-bond acceptors (Lipinski definition) is 8. The van der Waals surface area contributed by atoms with Crippen molar-refractivity contribution in [2.45, 2.75) is 43.9 Å². The number of nitrogen functional groups attached to an aromatic ring is 1. The average Bonchev–Trinajstić information content (AvgIpc) is 3.59. The van der Waals surface area contributed by atoms with E-state index in [-0.39, 0.29) is 13.2 Å². The lowest BCUT2D eigenvalue weighted by molar-refractivity contribution is -0.147. The van der Waals surface area contributed by atoms with Crippen molar-refractivity contribution in [1.29, 1.82) is 0 Å². The maximum absolute atomic E-state index is 7.04. The highest BCUT2D eigenvalue weighted by atomic mass is 16.6. The van der Waals surface area contributed by atoms with Crippen LogP contribution in [0.15, 0.2) is 104 Å². The first-order valence-corrected chi connectivity index (χ1v) is 13.6. The van der Waals surface area contributed by atoms with Crippen LogP contribution in [0.2, 0.25) is 0 Å². The topological polar surface area (TPSA) is 131 Å². The van der Waals surface area contributed by atoms with E-state index < -0.39 is 24.0 Å². The molecule has 0 bridgehead atoms. The van der Waals surface area contributed by atoms with E-state index in [1.54, 1.807) is 12.5 Å². The number of aromatic amines is 1. The van der Waals surface area contributed by atoms with Crippen LogP contribution in [0.1, 0.15) is 28.5 Å². The van der Waals surface area contributed by atoms with Gasteiger partial charge in [0.05, 0.1) is 44.0 Å². The molecule has 1 fully saturated rings. The van der Waals surface area contributed by atoms with Gasteiger partial charge in [0.2, 0.25) is 0 Å². The Labute approximate surface area is 238 Å². The van der Waals surface area contributed by atoms with Gasteiger partial charge in [0.25, 0.3) is 0 Å². The van der Waals surface area contributed by atoms with Crippen LogP contribution < -0.4 is 11.5 Å². The summed E-state index contributed by atoms with van der Waals surface area (Å²) < 4.78 is 25.9. The number of rotatable bonds is 11. The Hall–Kier alpha value is -4.12. The summed E-state index contributed by atoms with van der Waals surface area (Å²) in [5.74, 6) is 0. The molecular formula is C32H33N5O4. The van der Waals surface area contributed by atoms with E-state index in [9.17, 15) is 0 Å². The highest BCUT2D eigenvalue weighted by molar-refractivity contribution is 5.76. The fourth-order valence-corrected chi connectivity index (χ4v) is 5.16. The van der Waals surface area contributed by atoms with Crippen molar-refractivity contribution in [1.82, 2.24) is 15.0 Å². The van der Waals surface area contributed by atoms with Gasteiger partial charge >= 0.3 is 0 Å². The van der Waals surface area contributed by atoms with Crippen LogP contribution in [0.5, 0.6) is 0 Å². The summed E-state index contributed by atoms with van der Waals surface area (Å²) in [6.45, 7) is 0.967. The lowest BCUT2D eigenvalue weighted by Crippen LogP contribution is -2.56. The first kappa shape index (κ1) is 27.1. The van der Waals surface area contributed by atoms with Crippen LogP contribution in [0, 0.1) is 0 Å². The lowest BCUT2D eigenvalue weighted by Gasteiger charge is -2.31.